The summed E-state index contributed by atoms with van der Waals surface area (Å²) in [5, 5.41) is 3.17. The van der Waals surface area contributed by atoms with Crippen molar-refractivity contribution in [3.05, 3.63) is 33.1 Å². The van der Waals surface area contributed by atoms with Gasteiger partial charge in [-0.2, -0.15) is 0 Å². The van der Waals surface area contributed by atoms with Crippen LogP contribution in [0.2, 0.25) is 0 Å². The van der Waals surface area contributed by atoms with Crippen LogP contribution in [0.25, 0.3) is 0 Å². The fourth-order valence-corrected chi connectivity index (χ4v) is 6.00. The van der Waals surface area contributed by atoms with E-state index in [0.717, 1.165) is 12.2 Å². The van der Waals surface area contributed by atoms with Gasteiger partial charge in [-0.05, 0) is 18.6 Å². The molecule has 3 saturated heterocycles. The lowest BCUT2D eigenvalue weighted by Gasteiger charge is -2.50. The van der Waals surface area contributed by atoms with Crippen molar-refractivity contribution in [2.24, 2.45) is 5.92 Å². The molecule has 1 aromatic rings. The number of aromatic nitrogens is 2. The number of H-pyrrole nitrogens is 1. The van der Waals surface area contributed by atoms with Crippen LogP contribution in [-0.2, 0) is 20.9 Å². The summed E-state index contributed by atoms with van der Waals surface area (Å²) in [4.78, 5) is 65.3. The summed E-state index contributed by atoms with van der Waals surface area (Å²) < 4.78 is 0.980. The normalized spacial score (nSPS) is 25.3. The molecule has 0 aliphatic carbocycles. The summed E-state index contributed by atoms with van der Waals surface area (Å²) >= 11 is 1.77. The molecular weight excluding hydrogens is 410 g/mol. The van der Waals surface area contributed by atoms with Crippen LogP contribution in [-0.4, -0.2) is 80.3 Å². The molecule has 30 heavy (non-hydrogen) atoms. The minimum Gasteiger partial charge on any atom is -0.352 e. The van der Waals surface area contributed by atoms with Crippen molar-refractivity contribution in [1.29, 1.82) is 0 Å². The number of hydrogen-bond donors (Lipinski definition) is 2. The molecule has 1 aromatic heterocycles. The van der Waals surface area contributed by atoms with Crippen LogP contribution in [0, 0.1) is 5.92 Å². The first-order valence-corrected chi connectivity index (χ1v) is 11.0. The molecule has 162 valence electrons. The maximum absolute atomic E-state index is 12.7. The standard InChI is InChI=1S/C19H25N5O5S/c1-22-8-12(2-3-15(22)26)17(28)20-13-5-7-30-19(13)10-24(11-19)16(27)9-23-6-4-14(25)21-18(23)29/h4,6,12-13H,2-3,5,7-11H2,1H3,(H,20,28)(H,21,25,29). The van der Waals surface area contributed by atoms with Crippen LogP contribution >= 0.6 is 11.8 Å². The fourth-order valence-electron chi connectivity index (χ4n) is 4.37. The van der Waals surface area contributed by atoms with E-state index in [4.69, 9.17) is 0 Å². The van der Waals surface area contributed by atoms with Gasteiger partial charge in [0.05, 0.1) is 10.7 Å². The van der Waals surface area contributed by atoms with E-state index in [9.17, 15) is 24.0 Å². The van der Waals surface area contributed by atoms with Gasteiger partial charge in [0.2, 0.25) is 17.7 Å². The van der Waals surface area contributed by atoms with Crippen molar-refractivity contribution < 1.29 is 14.4 Å². The third-order valence-electron chi connectivity index (χ3n) is 6.22. The molecule has 2 atom stereocenters. The lowest BCUT2D eigenvalue weighted by atomic mass is 9.87. The highest BCUT2D eigenvalue weighted by Crippen LogP contribution is 2.45. The second-order valence-corrected chi connectivity index (χ2v) is 9.77. The first-order chi connectivity index (χ1) is 14.3. The van der Waals surface area contributed by atoms with Gasteiger partial charge in [-0.3, -0.25) is 28.7 Å². The molecule has 3 fully saturated rings. The second kappa shape index (κ2) is 7.93. The molecule has 3 aliphatic rings. The van der Waals surface area contributed by atoms with Crippen molar-refractivity contribution in [3.8, 4) is 0 Å². The van der Waals surface area contributed by atoms with E-state index in [2.05, 4.69) is 10.3 Å². The maximum Gasteiger partial charge on any atom is 0.328 e. The minimum absolute atomic E-state index is 0.0159. The summed E-state index contributed by atoms with van der Waals surface area (Å²) in [5.74, 6) is 0.572. The van der Waals surface area contributed by atoms with E-state index in [-0.39, 0.29) is 41.0 Å². The number of carbonyl (C=O) groups excluding carboxylic acids is 3. The number of amides is 3. The van der Waals surface area contributed by atoms with Crippen molar-refractivity contribution in [3.63, 3.8) is 0 Å². The van der Waals surface area contributed by atoms with E-state index < -0.39 is 11.2 Å². The zero-order valence-electron chi connectivity index (χ0n) is 16.8. The number of carbonyl (C=O) groups is 3. The SMILES string of the molecule is CN1CC(C(=O)NC2CCSC23CN(C(=O)Cn2ccc(=O)[nH]c2=O)C3)CCC1=O. The Hall–Kier alpha value is -2.56. The number of nitrogens with one attached hydrogen (secondary N) is 2. The Balaban J connectivity index is 1.33. The quantitative estimate of drug-likeness (QED) is 0.600. The van der Waals surface area contributed by atoms with Crippen LogP contribution in [0.5, 0.6) is 0 Å². The first kappa shape index (κ1) is 20.7. The van der Waals surface area contributed by atoms with Crippen LogP contribution in [0.1, 0.15) is 19.3 Å². The predicted octanol–water partition coefficient (Wildman–Crippen LogP) is -1.39. The maximum atomic E-state index is 12.7. The molecule has 2 unspecified atom stereocenters. The van der Waals surface area contributed by atoms with Crippen LogP contribution in [0.4, 0.5) is 0 Å². The molecule has 10 nitrogen and oxygen atoms in total. The smallest absolute Gasteiger partial charge is 0.328 e. The van der Waals surface area contributed by atoms with Gasteiger partial charge in [-0.25, -0.2) is 4.79 Å². The zero-order valence-corrected chi connectivity index (χ0v) is 17.6. The molecule has 3 aliphatic heterocycles. The highest BCUT2D eigenvalue weighted by Gasteiger charge is 2.54. The Kier molecular flexibility index (Phi) is 5.48. The van der Waals surface area contributed by atoms with Crippen molar-refractivity contribution in [2.45, 2.75) is 36.6 Å². The summed E-state index contributed by atoms with van der Waals surface area (Å²) in [5.41, 5.74) is -1.11. The summed E-state index contributed by atoms with van der Waals surface area (Å²) in [6.45, 7) is 1.34. The molecule has 11 heteroatoms. The van der Waals surface area contributed by atoms with Crippen LogP contribution < -0.4 is 16.6 Å². The van der Waals surface area contributed by atoms with Crippen molar-refractivity contribution in [2.75, 3.05) is 32.4 Å². The van der Waals surface area contributed by atoms with E-state index in [1.165, 1.54) is 16.8 Å². The van der Waals surface area contributed by atoms with Gasteiger partial charge in [-0.15, -0.1) is 11.8 Å². The average Bonchev–Trinajstić information content (AvgIpc) is 3.08. The number of piperidine rings is 1. The Morgan fingerprint density at radius 3 is 2.73 bits per heavy atom. The predicted molar refractivity (Wildman–Crippen MR) is 110 cm³/mol. The van der Waals surface area contributed by atoms with E-state index >= 15 is 0 Å². The van der Waals surface area contributed by atoms with Crippen LogP contribution in [0.15, 0.2) is 21.9 Å². The number of nitrogens with zero attached hydrogens (tertiary/aromatic N) is 3. The zero-order chi connectivity index (χ0) is 21.5. The van der Waals surface area contributed by atoms with Gasteiger partial charge in [0.1, 0.15) is 6.54 Å². The number of hydrogen-bond acceptors (Lipinski definition) is 6. The lowest BCUT2D eigenvalue weighted by molar-refractivity contribution is -0.138. The molecule has 4 heterocycles. The topological polar surface area (TPSA) is 125 Å². The molecule has 0 bridgehead atoms. The van der Waals surface area contributed by atoms with Gasteiger partial charge >= 0.3 is 5.69 Å². The minimum atomic E-state index is -0.609. The summed E-state index contributed by atoms with van der Waals surface area (Å²) in [7, 11) is 1.72. The number of aromatic amines is 1. The Bertz CT molecular complexity index is 982. The number of likely N-dealkylation sites (tertiary alicyclic amines) is 2. The van der Waals surface area contributed by atoms with Gasteiger partial charge in [-0.1, -0.05) is 0 Å². The highest BCUT2D eigenvalue weighted by molar-refractivity contribution is 8.01. The van der Waals surface area contributed by atoms with Gasteiger partial charge in [0.25, 0.3) is 5.56 Å². The van der Waals surface area contributed by atoms with Gasteiger partial charge < -0.3 is 15.1 Å². The average molecular weight is 436 g/mol. The Morgan fingerprint density at radius 2 is 2.03 bits per heavy atom. The summed E-state index contributed by atoms with van der Waals surface area (Å²) in [6, 6.07) is 1.19. The largest absolute Gasteiger partial charge is 0.352 e. The molecule has 3 amide bonds. The summed E-state index contributed by atoms with van der Waals surface area (Å²) in [6.07, 6.45) is 3.12. The van der Waals surface area contributed by atoms with E-state index in [0.29, 0.717) is 32.5 Å². The molecule has 2 N–H and O–H groups in total. The first-order valence-electron chi connectivity index (χ1n) is 10.0. The Labute approximate surface area is 177 Å². The molecule has 4 rings (SSSR count). The van der Waals surface area contributed by atoms with Crippen molar-refractivity contribution >= 4 is 29.5 Å². The van der Waals surface area contributed by atoms with E-state index in [1.54, 1.807) is 28.6 Å². The molecular formula is C19H25N5O5S. The second-order valence-electron chi connectivity index (χ2n) is 8.26. The molecule has 0 aromatic carbocycles. The van der Waals surface area contributed by atoms with E-state index in [1.807, 2.05) is 0 Å². The van der Waals surface area contributed by atoms with Gasteiger partial charge in [0.15, 0.2) is 0 Å². The molecule has 0 radical (unpaired) electrons. The number of thioether (sulfide) groups is 1. The van der Waals surface area contributed by atoms with Crippen molar-refractivity contribution in [1.82, 2.24) is 24.7 Å². The fraction of sp³-hybridized carbons (Fsp3) is 0.632. The lowest BCUT2D eigenvalue weighted by Crippen LogP contribution is -2.69. The third kappa shape index (κ3) is 3.90. The van der Waals surface area contributed by atoms with Crippen LogP contribution in [0.3, 0.4) is 0 Å². The monoisotopic (exact) mass is 435 g/mol. The highest BCUT2D eigenvalue weighted by atomic mass is 32.2. The Morgan fingerprint density at radius 1 is 1.27 bits per heavy atom. The van der Waals surface area contributed by atoms with Gasteiger partial charge in [0, 0.05) is 51.4 Å². The molecule has 0 saturated carbocycles. The molecule has 1 spiro atoms. The number of rotatable bonds is 4. The third-order valence-corrected chi connectivity index (χ3v) is 7.77.